The van der Waals surface area contributed by atoms with Gasteiger partial charge < -0.3 is 0 Å². The van der Waals surface area contributed by atoms with Crippen molar-refractivity contribution in [3.63, 3.8) is 0 Å². The molecule has 0 unspecified atom stereocenters. The van der Waals surface area contributed by atoms with Crippen LogP contribution in [0.1, 0.15) is 21.5 Å². The molecule has 1 aliphatic heterocycles. The summed E-state index contributed by atoms with van der Waals surface area (Å²) in [6.07, 6.45) is 3.32. The Balaban J connectivity index is 2.34. The maximum atomic E-state index is 12.9. The molecule has 3 rings (SSSR count). The van der Waals surface area contributed by atoms with Crippen LogP contribution >= 0.6 is 11.8 Å². The number of aromatic nitrogens is 1. The third-order valence-corrected chi connectivity index (χ3v) is 4.27. The monoisotopic (exact) mass is 309 g/mol. The summed E-state index contributed by atoms with van der Waals surface area (Å²) in [5.74, 6) is 0.103. The lowest BCUT2D eigenvalue weighted by atomic mass is 10.0. The molecular weight excluding hydrogens is 298 g/mol. The molecule has 1 aliphatic rings. The van der Waals surface area contributed by atoms with E-state index in [1.807, 2.05) is 12.1 Å². The van der Waals surface area contributed by atoms with Crippen LogP contribution in [0, 0.1) is 11.3 Å². The van der Waals surface area contributed by atoms with Gasteiger partial charge in [-0.2, -0.15) is 5.26 Å². The second kappa shape index (κ2) is 5.62. The Hall–Kier alpha value is -2.65. The maximum absolute atomic E-state index is 12.9. The number of pyridine rings is 1. The Labute approximate surface area is 130 Å². The molecule has 0 amide bonds. The summed E-state index contributed by atoms with van der Waals surface area (Å²) >= 11 is 1.22. The van der Waals surface area contributed by atoms with E-state index in [4.69, 9.17) is 0 Å². The van der Waals surface area contributed by atoms with Gasteiger partial charge in [0.2, 0.25) is 0 Å². The van der Waals surface area contributed by atoms with Gasteiger partial charge in [-0.3, -0.25) is 14.2 Å². The molecule has 1 aromatic heterocycles. The van der Waals surface area contributed by atoms with Crippen LogP contribution in [0.25, 0.3) is 0 Å². The van der Waals surface area contributed by atoms with Gasteiger partial charge in [0.05, 0.1) is 12.1 Å². The average molecular weight is 309 g/mol. The summed E-state index contributed by atoms with van der Waals surface area (Å²) in [5, 5.41) is 9.31. The van der Waals surface area contributed by atoms with Gasteiger partial charge in [-0.15, -0.1) is 11.8 Å². The van der Waals surface area contributed by atoms with Crippen LogP contribution in [0.15, 0.2) is 45.0 Å². The van der Waals surface area contributed by atoms with Crippen molar-refractivity contribution in [2.45, 2.75) is 11.4 Å². The third-order valence-electron chi connectivity index (χ3n) is 3.45. The molecule has 0 atom stereocenters. The van der Waals surface area contributed by atoms with E-state index >= 15 is 0 Å². The van der Waals surface area contributed by atoms with Crippen molar-refractivity contribution < 1.29 is 4.79 Å². The largest absolute Gasteiger partial charge is 0.288 e. The number of carbonyl (C=O) groups excluding carboxylic acids is 1. The van der Waals surface area contributed by atoms with Crippen LogP contribution in [0.3, 0.4) is 0 Å². The molecule has 6 heteroatoms. The van der Waals surface area contributed by atoms with Crippen molar-refractivity contribution in [2.75, 3.05) is 6.26 Å². The van der Waals surface area contributed by atoms with Crippen LogP contribution in [-0.4, -0.2) is 22.8 Å². The maximum Gasteiger partial charge on any atom is 0.271 e. The Kier molecular flexibility index (Phi) is 3.65. The van der Waals surface area contributed by atoms with Gasteiger partial charge in [0.25, 0.3) is 5.56 Å². The molecule has 0 bridgehead atoms. The Morgan fingerprint density at radius 2 is 2.09 bits per heavy atom. The highest BCUT2D eigenvalue weighted by Gasteiger charge is 2.27. The number of fused-ring (bicyclic) bond motifs is 1. The van der Waals surface area contributed by atoms with Crippen molar-refractivity contribution in [3.05, 3.63) is 57.4 Å². The Morgan fingerprint density at radius 3 is 2.73 bits per heavy atom. The minimum absolute atomic E-state index is 0.000955. The third kappa shape index (κ3) is 2.07. The summed E-state index contributed by atoms with van der Waals surface area (Å²) in [6.45, 7) is 0.284. The van der Waals surface area contributed by atoms with Gasteiger partial charge in [0.15, 0.2) is 5.78 Å². The van der Waals surface area contributed by atoms with E-state index < -0.39 is 5.56 Å². The number of rotatable bonds is 3. The van der Waals surface area contributed by atoms with Crippen LogP contribution < -0.4 is 5.56 Å². The summed E-state index contributed by atoms with van der Waals surface area (Å²) in [7, 11) is 0. The van der Waals surface area contributed by atoms with E-state index in [9.17, 15) is 14.9 Å². The van der Waals surface area contributed by atoms with Gasteiger partial charge in [-0.1, -0.05) is 30.3 Å². The molecule has 0 N–H and O–H groups in total. The number of aliphatic imine (C=N–C) groups is 1. The molecule has 0 saturated carbocycles. The van der Waals surface area contributed by atoms with E-state index in [-0.39, 0.29) is 17.9 Å². The first-order chi connectivity index (χ1) is 10.7. The minimum Gasteiger partial charge on any atom is -0.288 e. The van der Waals surface area contributed by atoms with Crippen molar-refractivity contribution in [3.8, 4) is 6.07 Å². The van der Waals surface area contributed by atoms with E-state index in [1.54, 1.807) is 36.7 Å². The number of thioether (sulfide) groups is 1. The van der Waals surface area contributed by atoms with Crippen LogP contribution in [0.5, 0.6) is 0 Å². The normalized spacial score (nSPS) is 12.0. The first-order valence-corrected chi connectivity index (χ1v) is 7.78. The van der Waals surface area contributed by atoms with E-state index in [0.717, 1.165) is 0 Å². The van der Waals surface area contributed by atoms with Crippen LogP contribution in [-0.2, 0) is 6.54 Å². The van der Waals surface area contributed by atoms with E-state index in [1.165, 1.54) is 16.3 Å². The number of hydrogen-bond acceptors (Lipinski definition) is 5. The highest BCUT2D eigenvalue weighted by molar-refractivity contribution is 7.98. The fraction of sp³-hybridized carbons (Fsp3) is 0.125. The zero-order valence-corrected chi connectivity index (χ0v) is 12.6. The van der Waals surface area contributed by atoms with Gasteiger partial charge in [-0.25, -0.2) is 4.99 Å². The molecule has 2 aromatic rings. The zero-order valence-electron chi connectivity index (χ0n) is 11.7. The summed E-state index contributed by atoms with van der Waals surface area (Å²) in [5.41, 5.74) is 0.429. The molecule has 0 saturated heterocycles. The number of ketones is 1. The number of hydrogen-bond donors (Lipinski definition) is 0. The summed E-state index contributed by atoms with van der Waals surface area (Å²) in [4.78, 5) is 29.8. The summed E-state index contributed by atoms with van der Waals surface area (Å²) in [6, 6.07) is 10.7. The van der Waals surface area contributed by atoms with Crippen molar-refractivity contribution >= 4 is 29.6 Å². The quantitative estimate of drug-likeness (QED) is 0.644. The first-order valence-electron chi connectivity index (χ1n) is 6.56. The molecule has 0 radical (unpaired) electrons. The molecule has 0 aliphatic carbocycles. The Bertz CT molecular complexity index is 892. The zero-order chi connectivity index (χ0) is 15.7. The van der Waals surface area contributed by atoms with E-state index in [2.05, 4.69) is 4.99 Å². The van der Waals surface area contributed by atoms with Crippen LogP contribution in [0.2, 0.25) is 0 Å². The molecule has 5 nitrogen and oxygen atoms in total. The molecule has 22 heavy (non-hydrogen) atoms. The number of carbonyl (C=O) groups is 1. The lowest BCUT2D eigenvalue weighted by Gasteiger charge is -2.13. The van der Waals surface area contributed by atoms with Crippen molar-refractivity contribution in [2.24, 2.45) is 4.99 Å². The molecule has 108 valence electrons. The topological polar surface area (TPSA) is 75.2 Å². The average Bonchev–Trinajstić information content (AvgIpc) is 3.04. The van der Waals surface area contributed by atoms with Gasteiger partial charge >= 0.3 is 0 Å². The molecule has 0 fully saturated rings. The lowest BCUT2D eigenvalue weighted by Crippen LogP contribution is -2.24. The van der Waals surface area contributed by atoms with Gasteiger partial charge in [-0.05, 0) is 6.26 Å². The molecule has 0 spiro atoms. The molecular formula is C16H11N3O2S. The fourth-order valence-corrected chi connectivity index (χ4v) is 3.17. The smallest absolute Gasteiger partial charge is 0.271 e. The SMILES string of the molecule is CSc1c(C(=O)c2ccccc2)c2n(c(=O)c1C#N)CC=N2. The number of nitrogens with zero attached hydrogens (tertiary/aromatic N) is 3. The van der Waals surface area contributed by atoms with Crippen molar-refractivity contribution in [1.82, 2.24) is 4.57 Å². The second-order valence-electron chi connectivity index (χ2n) is 4.64. The molecule has 2 heterocycles. The fourth-order valence-electron chi connectivity index (χ4n) is 2.44. The molecule has 1 aromatic carbocycles. The minimum atomic E-state index is -0.399. The first kappa shape index (κ1) is 14.3. The highest BCUT2D eigenvalue weighted by Crippen LogP contribution is 2.33. The number of benzene rings is 1. The summed E-state index contributed by atoms with van der Waals surface area (Å²) < 4.78 is 1.37. The van der Waals surface area contributed by atoms with Gasteiger partial charge in [0, 0.05) is 16.7 Å². The predicted molar refractivity (Wildman–Crippen MR) is 85.2 cm³/mol. The Morgan fingerprint density at radius 1 is 1.36 bits per heavy atom. The predicted octanol–water partition coefficient (Wildman–Crippen LogP) is 2.39. The second-order valence-corrected chi connectivity index (χ2v) is 5.46. The standard InChI is InChI=1S/C16H11N3O2S/c1-22-14-11(9-17)16(21)19-8-7-18-15(19)12(14)13(20)10-5-3-2-4-6-10/h2-7H,8H2,1H3. The van der Waals surface area contributed by atoms with Crippen LogP contribution in [0.4, 0.5) is 5.82 Å². The highest BCUT2D eigenvalue weighted by atomic mass is 32.2. The number of nitriles is 1. The lowest BCUT2D eigenvalue weighted by molar-refractivity contribution is 0.103. The van der Waals surface area contributed by atoms with Crippen molar-refractivity contribution in [1.29, 1.82) is 5.26 Å². The van der Waals surface area contributed by atoms with E-state index in [0.29, 0.717) is 21.8 Å². The van der Waals surface area contributed by atoms with Gasteiger partial charge in [0.1, 0.15) is 17.5 Å².